The summed E-state index contributed by atoms with van der Waals surface area (Å²) in [6, 6.07) is 0.857. The largest absolute Gasteiger partial charge is 0.314 e. The van der Waals surface area contributed by atoms with Gasteiger partial charge in [-0.25, -0.2) is 0 Å². The summed E-state index contributed by atoms with van der Waals surface area (Å²) in [5, 5.41) is 3.64. The third-order valence-electron chi connectivity index (χ3n) is 4.91. The third-order valence-corrected chi connectivity index (χ3v) is 4.91. The Morgan fingerprint density at radius 1 is 1.33 bits per heavy atom. The van der Waals surface area contributed by atoms with Crippen LogP contribution in [-0.4, -0.2) is 37.1 Å². The molecule has 2 heteroatoms. The maximum Gasteiger partial charge on any atom is 0.0120 e. The molecule has 3 rings (SSSR count). The van der Waals surface area contributed by atoms with Gasteiger partial charge in [-0.2, -0.15) is 0 Å². The van der Waals surface area contributed by atoms with Crippen molar-refractivity contribution in [3.8, 4) is 0 Å². The van der Waals surface area contributed by atoms with Crippen LogP contribution in [0.5, 0.6) is 0 Å². The van der Waals surface area contributed by atoms with Crippen molar-refractivity contribution in [1.29, 1.82) is 0 Å². The Hall–Kier alpha value is -0.0800. The van der Waals surface area contributed by atoms with E-state index in [-0.39, 0.29) is 0 Å². The molecule has 2 saturated heterocycles. The van der Waals surface area contributed by atoms with Crippen LogP contribution in [0.4, 0.5) is 0 Å². The van der Waals surface area contributed by atoms with E-state index in [4.69, 9.17) is 0 Å². The van der Waals surface area contributed by atoms with Crippen LogP contribution in [0.1, 0.15) is 39.0 Å². The van der Waals surface area contributed by atoms with Gasteiger partial charge >= 0.3 is 0 Å². The summed E-state index contributed by atoms with van der Waals surface area (Å²) in [7, 11) is 0. The SMILES string of the molecule is CC1(CN2CCC3NCCC3C2)CCC1. The molecule has 0 aromatic carbocycles. The van der Waals surface area contributed by atoms with Crippen LogP contribution in [0.15, 0.2) is 0 Å². The molecule has 0 spiro atoms. The zero-order valence-electron chi connectivity index (χ0n) is 9.97. The molecule has 1 saturated carbocycles. The minimum atomic E-state index is 0.679. The van der Waals surface area contributed by atoms with E-state index in [1.54, 1.807) is 0 Å². The fraction of sp³-hybridized carbons (Fsp3) is 1.00. The van der Waals surface area contributed by atoms with Crippen LogP contribution in [0.3, 0.4) is 0 Å². The first kappa shape index (κ1) is 10.1. The van der Waals surface area contributed by atoms with Crippen molar-refractivity contribution in [1.82, 2.24) is 10.2 Å². The molecule has 2 atom stereocenters. The minimum Gasteiger partial charge on any atom is -0.314 e. The van der Waals surface area contributed by atoms with Crippen molar-refractivity contribution in [2.75, 3.05) is 26.2 Å². The monoisotopic (exact) mass is 208 g/mol. The Bertz CT molecular complexity index is 235. The first-order chi connectivity index (χ1) is 7.25. The summed E-state index contributed by atoms with van der Waals surface area (Å²) < 4.78 is 0. The van der Waals surface area contributed by atoms with E-state index in [9.17, 15) is 0 Å². The maximum absolute atomic E-state index is 3.64. The van der Waals surface area contributed by atoms with E-state index in [0.717, 1.165) is 12.0 Å². The van der Waals surface area contributed by atoms with Crippen LogP contribution < -0.4 is 5.32 Å². The molecule has 2 heterocycles. The lowest BCUT2D eigenvalue weighted by atomic mass is 9.70. The van der Waals surface area contributed by atoms with Gasteiger partial charge in [-0.1, -0.05) is 13.3 Å². The zero-order valence-corrected chi connectivity index (χ0v) is 9.97. The average molecular weight is 208 g/mol. The standard InChI is InChI=1S/C13H24N2/c1-13(5-2-6-13)10-15-8-4-12-11(9-15)3-7-14-12/h11-12,14H,2-10H2,1H3. The van der Waals surface area contributed by atoms with Crippen molar-refractivity contribution in [2.45, 2.75) is 45.1 Å². The molecule has 2 unspecified atom stereocenters. The molecule has 0 bridgehead atoms. The van der Waals surface area contributed by atoms with E-state index in [2.05, 4.69) is 17.1 Å². The van der Waals surface area contributed by atoms with Crippen molar-refractivity contribution < 1.29 is 0 Å². The van der Waals surface area contributed by atoms with E-state index >= 15 is 0 Å². The van der Waals surface area contributed by atoms with Crippen molar-refractivity contribution in [2.24, 2.45) is 11.3 Å². The fourth-order valence-electron chi connectivity index (χ4n) is 3.74. The van der Waals surface area contributed by atoms with E-state index in [1.807, 2.05) is 0 Å². The van der Waals surface area contributed by atoms with Crippen LogP contribution in [0, 0.1) is 11.3 Å². The number of likely N-dealkylation sites (tertiary alicyclic amines) is 1. The number of piperidine rings is 1. The zero-order chi connectivity index (χ0) is 10.3. The van der Waals surface area contributed by atoms with Gasteiger partial charge in [0.15, 0.2) is 0 Å². The second kappa shape index (κ2) is 3.74. The molecule has 1 aliphatic carbocycles. The van der Waals surface area contributed by atoms with Gasteiger partial charge < -0.3 is 10.2 Å². The smallest absolute Gasteiger partial charge is 0.0120 e. The maximum atomic E-state index is 3.64. The lowest BCUT2D eigenvalue weighted by Gasteiger charge is -2.45. The number of fused-ring (bicyclic) bond motifs is 1. The lowest BCUT2D eigenvalue weighted by molar-refractivity contribution is 0.0559. The summed E-state index contributed by atoms with van der Waals surface area (Å²) in [4.78, 5) is 2.74. The molecule has 0 aromatic rings. The van der Waals surface area contributed by atoms with Crippen molar-refractivity contribution in [3.63, 3.8) is 0 Å². The Labute approximate surface area is 93.4 Å². The molecule has 2 aliphatic heterocycles. The van der Waals surface area contributed by atoms with E-state index in [0.29, 0.717) is 5.41 Å². The highest BCUT2D eigenvalue weighted by molar-refractivity contribution is 4.93. The summed E-state index contributed by atoms with van der Waals surface area (Å²) in [5.74, 6) is 0.961. The second-order valence-corrected chi connectivity index (χ2v) is 6.30. The van der Waals surface area contributed by atoms with Crippen molar-refractivity contribution >= 4 is 0 Å². The molecule has 86 valence electrons. The Kier molecular flexibility index (Phi) is 2.52. The van der Waals surface area contributed by atoms with Crippen molar-refractivity contribution in [3.05, 3.63) is 0 Å². The number of hydrogen-bond donors (Lipinski definition) is 1. The highest BCUT2D eigenvalue weighted by atomic mass is 15.2. The molecule has 1 N–H and O–H groups in total. The first-order valence-electron chi connectivity index (χ1n) is 6.71. The van der Waals surface area contributed by atoms with Crippen LogP contribution in [0.25, 0.3) is 0 Å². The molecule has 3 fully saturated rings. The topological polar surface area (TPSA) is 15.3 Å². The fourth-order valence-corrected chi connectivity index (χ4v) is 3.74. The molecule has 3 aliphatic rings. The van der Waals surface area contributed by atoms with Gasteiger partial charge in [0.25, 0.3) is 0 Å². The third kappa shape index (κ3) is 1.94. The summed E-state index contributed by atoms with van der Waals surface area (Å²) in [5.41, 5.74) is 0.679. The molecule has 0 aromatic heterocycles. The molecule has 0 radical (unpaired) electrons. The van der Waals surface area contributed by atoms with Gasteiger partial charge in [0, 0.05) is 19.1 Å². The summed E-state index contributed by atoms with van der Waals surface area (Å²) in [6.45, 7) is 7.82. The second-order valence-electron chi connectivity index (χ2n) is 6.30. The molecular formula is C13H24N2. The number of hydrogen-bond acceptors (Lipinski definition) is 2. The minimum absolute atomic E-state index is 0.679. The van der Waals surface area contributed by atoms with E-state index < -0.39 is 0 Å². The predicted molar refractivity (Wildman–Crippen MR) is 62.9 cm³/mol. The van der Waals surface area contributed by atoms with Crippen LogP contribution in [-0.2, 0) is 0 Å². The normalized spacial score (nSPS) is 39.8. The predicted octanol–water partition coefficient (Wildman–Crippen LogP) is 1.86. The lowest BCUT2D eigenvalue weighted by Crippen LogP contribution is -2.49. The van der Waals surface area contributed by atoms with Gasteiger partial charge in [0.1, 0.15) is 0 Å². The van der Waals surface area contributed by atoms with Gasteiger partial charge in [0.05, 0.1) is 0 Å². The number of rotatable bonds is 2. The van der Waals surface area contributed by atoms with Crippen LogP contribution in [0.2, 0.25) is 0 Å². The Morgan fingerprint density at radius 3 is 2.93 bits per heavy atom. The van der Waals surface area contributed by atoms with E-state index in [1.165, 1.54) is 58.3 Å². The van der Waals surface area contributed by atoms with Crippen LogP contribution >= 0.6 is 0 Å². The molecule has 2 nitrogen and oxygen atoms in total. The number of nitrogens with zero attached hydrogens (tertiary/aromatic N) is 1. The summed E-state index contributed by atoms with van der Waals surface area (Å²) in [6.07, 6.45) is 7.21. The first-order valence-corrected chi connectivity index (χ1v) is 6.71. The Morgan fingerprint density at radius 2 is 2.20 bits per heavy atom. The van der Waals surface area contributed by atoms with Gasteiger partial charge in [-0.05, 0) is 50.1 Å². The molecule has 0 amide bonds. The Balaban J connectivity index is 1.55. The summed E-state index contributed by atoms with van der Waals surface area (Å²) >= 11 is 0. The average Bonchev–Trinajstić information content (AvgIpc) is 2.62. The number of nitrogens with one attached hydrogen (secondary N) is 1. The molecule has 15 heavy (non-hydrogen) atoms. The van der Waals surface area contributed by atoms with Gasteiger partial charge in [-0.3, -0.25) is 0 Å². The molecular weight excluding hydrogens is 184 g/mol. The highest BCUT2D eigenvalue weighted by Crippen LogP contribution is 2.41. The highest BCUT2D eigenvalue weighted by Gasteiger charge is 2.37. The quantitative estimate of drug-likeness (QED) is 0.745. The van der Waals surface area contributed by atoms with Gasteiger partial charge in [-0.15, -0.1) is 0 Å². The van der Waals surface area contributed by atoms with Gasteiger partial charge in [0.2, 0.25) is 0 Å².